The van der Waals surface area contributed by atoms with Gasteiger partial charge in [-0.25, -0.2) is 19.3 Å². The maximum atomic E-state index is 14.4. The molecule has 4 heterocycles. The molecule has 0 bridgehead atoms. The fourth-order valence-electron chi connectivity index (χ4n) is 7.57. The van der Waals surface area contributed by atoms with Crippen LogP contribution in [0.1, 0.15) is 70.6 Å². The summed E-state index contributed by atoms with van der Waals surface area (Å²) in [6, 6.07) is 6.98. The highest BCUT2D eigenvalue weighted by molar-refractivity contribution is 5.96. The van der Waals surface area contributed by atoms with E-state index in [0.29, 0.717) is 41.1 Å². The van der Waals surface area contributed by atoms with E-state index >= 15 is 0 Å². The van der Waals surface area contributed by atoms with Gasteiger partial charge in [-0.3, -0.25) is 9.59 Å². The predicted molar refractivity (Wildman–Crippen MR) is 184 cm³/mol. The van der Waals surface area contributed by atoms with Crippen LogP contribution in [0.25, 0.3) is 16.7 Å². The van der Waals surface area contributed by atoms with Crippen molar-refractivity contribution in [2.45, 2.75) is 100 Å². The summed E-state index contributed by atoms with van der Waals surface area (Å²) in [7, 11) is 1.57. The van der Waals surface area contributed by atoms with Crippen LogP contribution in [0.15, 0.2) is 54.9 Å². The average molecular weight is 701 g/mol. The van der Waals surface area contributed by atoms with Crippen molar-refractivity contribution in [3.05, 3.63) is 54.9 Å². The van der Waals surface area contributed by atoms with E-state index in [0.717, 1.165) is 44.9 Å². The van der Waals surface area contributed by atoms with Gasteiger partial charge in [0.2, 0.25) is 11.8 Å². The number of hydrogen-bond donors (Lipinski definition) is 3. The van der Waals surface area contributed by atoms with Gasteiger partial charge in [0, 0.05) is 42.3 Å². The van der Waals surface area contributed by atoms with E-state index < -0.39 is 47.6 Å². The van der Waals surface area contributed by atoms with Crippen molar-refractivity contribution in [2.75, 3.05) is 13.7 Å². The maximum Gasteiger partial charge on any atom is 0.408 e. The third-order valence-corrected chi connectivity index (χ3v) is 10.5. The lowest BCUT2D eigenvalue weighted by atomic mass is 10.0. The third-order valence-electron chi connectivity index (χ3n) is 10.5. The van der Waals surface area contributed by atoms with Crippen molar-refractivity contribution in [3.8, 4) is 17.3 Å². The van der Waals surface area contributed by atoms with Gasteiger partial charge in [-0.1, -0.05) is 25.0 Å². The Labute approximate surface area is 295 Å². The average Bonchev–Trinajstić information content (AvgIpc) is 3.61. The van der Waals surface area contributed by atoms with Crippen LogP contribution in [-0.4, -0.2) is 92.1 Å². The molecule has 14 heteroatoms. The first-order valence-corrected chi connectivity index (χ1v) is 17.9. The molecule has 1 unspecified atom stereocenters. The number of amides is 3. The zero-order valence-electron chi connectivity index (χ0n) is 28.7. The molecule has 5 atom stereocenters. The first-order chi connectivity index (χ1) is 24.7. The Kier molecular flexibility index (Phi) is 9.83. The molecule has 0 spiro atoms. The number of aliphatic carboxylic acids is 1. The Morgan fingerprint density at radius 1 is 1.06 bits per heavy atom. The highest BCUT2D eigenvalue weighted by atomic mass is 16.6. The van der Waals surface area contributed by atoms with Gasteiger partial charge in [0.05, 0.1) is 19.2 Å². The predicted octanol–water partition coefficient (Wildman–Crippen LogP) is 4.29. The number of carboxylic acid groups (broad SMARTS) is 1. The van der Waals surface area contributed by atoms with Crippen LogP contribution in [0.3, 0.4) is 0 Å². The number of rotatable bonds is 7. The first kappa shape index (κ1) is 34.3. The number of aromatic nitrogens is 3. The number of carbonyl (C=O) groups excluding carboxylic acids is 3. The number of ether oxygens (including phenoxy) is 3. The van der Waals surface area contributed by atoms with Crippen molar-refractivity contribution in [2.24, 2.45) is 5.92 Å². The first-order valence-electron chi connectivity index (χ1n) is 17.9. The molecule has 270 valence electrons. The minimum absolute atomic E-state index is 0.0350. The second-order valence-corrected chi connectivity index (χ2v) is 13.9. The van der Waals surface area contributed by atoms with Crippen molar-refractivity contribution in [1.82, 2.24) is 30.3 Å². The Bertz CT molecular complexity index is 1810. The monoisotopic (exact) mass is 700 g/mol. The van der Waals surface area contributed by atoms with Crippen LogP contribution in [0.2, 0.25) is 0 Å². The Morgan fingerprint density at radius 2 is 1.88 bits per heavy atom. The van der Waals surface area contributed by atoms with E-state index in [1.807, 2.05) is 18.2 Å². The minimum atomic E-state index is -1.44. The molecule has 0 radical (unpaired) electrons. The summed E-state index contributed by atoms with van der Waals surface area (Å²) >= 11 is 0. The molecular weight excluding hydrogens is 656 g/mol. The Balaban J connectivity index is 1.20. The number of hydrogen-bond acceptors (Lipinski definition) is 9. The highest BCUT2D eigenvalue weighted by Gasteiger charge is 2.61. The van der Waals surface area contributed by atoms with Crippen LogP contribution >= 0.6 is 0 Å². The molecular formula is C37H44N6O8. The number of methoxy groups -OCH3 is 1. The number of carbonyl (C=O) groups is 4. The molecule has 14 nitrogen and oxygen atoms in total. The van der Waals surface area contributed by atoms with Crippen molar-refractivity contribution >= 4 is 34.8 Å². The molecule has 3 fully saturated rings. The fraction of sp³-hybridized carbons (Fsp3) is 0.514. The molecule has 51 heavy (non-hydrogen) atoms. The number of allylic oxidation sites excluding steroid dienone is 1. The topological polar surface area (TPSA) is 174 Å². The van der Waals surface area contributed by atoms with Gasteiger partial charge >= 0.3 is 12.1 Å². The Morgan fingerprint density at radius 3 is 2.65 bits per heavy atom. The number of carboxylic acids is 1. The van der Waals surface area contributed by atoms with Gasteiger partial charge in [0.15, 0.2) is 5.82 Å². The van der Waals surface area contributed by atoms with E-state index in [1.165, 1.54) is 4.90 Å². The second-order valence-electron chi connectivity index (χ2n) is 13.9. The van der Waals surface area contributed by atoms with Crippen LogP contribution in [0.4, 0.5) is 4.79 Å². The molecule has 2 aliphatic heterocycles. The van der Waals surface area contributed by atoms with E-state index in [1.54, 1.807) is 48.5 Å². The summed E-state index contributed by atoms with van der Waals surface area (Å²) < 4.78 is 19.3. The van der Waals surface area contributed by atoms with E-state index in [4.69, 9.17) is 19.2 Å². The minimum Gasteiger partial charge on any atom is -0.497 e. The van der Waals surface area contributed by atoms with Crippen molar-refractivity contribution < 1.29 is 38.5 Å². The van der Waals surface area contributed by atoms with E-state index in [2.05, 4.69) is 15.7 Å². The SMILES string of the molecule is COc1ccc2c(O[C@@H]3C[C@H]4C(=O)N[C@]5(C(=O)O)C[C@H]5/C=C\CCCCCC(NC(=O)OC5CCCC5)C(=O)N4C3)cc(-n3cccn3)nc2c1. The number of alkyl carbamates (subject to hydrolysis) is 1. The summed E-state index contributed by atoms with van der Waals surface area (Å²) in [5.41, 5.74) is -0.844. The number of nitrogens with zero attached hydrogens (tertiary/aromatic N) is 4. The van der Waals surface area contributed by atoms with Crippen LogP contribution in [0, 0.1) is 5.92 Å². The summed E-state index contributed by atoms with van der Waals surface area (Å²) in [6.45, 7) is 0.0350. The van der Waals surface area contributed by atoms with Gasteiger partial charge in [-0.05, 0) is 69.6 Å². The Hall–Kier alpha value is -5.14. The van der Waals surface area contributed by atoms with Crippen LogP contribution in [-0.2, 0) is 19.1 Å². The smallest absolute Gasteiger partial charge is 0.408 e. The molecule has 1 saturated heterocycles. The molecule has 2 aromatic heterocycles. The number of pyridine rings is 1. The van der Waals surface area contributed by atoms with Gasteiger partial charge in [0.1, 0.15) is 41.3 Å². The molecule has 3 N–H and O–H groups in total. The van der Waals surface area contributed by atoms with Gasteiger partial charge in [-0.2, -0.15) is 5.10 Å². The summed E-state index contributed by atoms with van der Waals surface area (Å²) in [4.78, 5) is 60.3. The largest absolute Gasteiger partial charge is 0.497 e. The molecule has 3 aromatic rings. The summed E-state index contributed by atoms with van der Waals surface area (Å²) in [5.74, 6) is -0.887. The quantitative estimate of drug-likeness (QED) is 0.302. The maximum absolute atomic E-state index is 14.4. The molecule has 1 aromatic carbocycles. The van der Waals surface area contributed by atoms with Crippen molar-refractivity contribution in [3.63, 3.8) is 0 Å². The van der Waals surface area contributed by atoms with Gasteiger partial charge < -0.3 is 34.9 Å². The van der Waals surface area contributed by atoms with E-state index in [9.17, 15) is 24.3 Å². The van der Waals surface area contributed by atoms with Crippen LogP contribution in [0.5, 0.6) is 11.5 Å². The lowest BCUT2D eigenvalue weighted by Crippen LogP contribution is -2.56. The van der Waals surface area contributed by atoms with Gasteiger partial charge in [0.25, 0.3) is 0 Å². The second kappa shape index (κ2) is 14.6. The summed E-state index contributed by atoms with van der Waals surface area (Å²) in [5, 5.41) is 20.8. The number of benzene rings is 1. The zero-order valence-corrected chi connectivity index (χ0v) is 28.7. The highest BCUT2D eigenvalue weighted by Crippen LogP contribution is 2.45. The van der Waals surface area contributed by atoms with Crippen LogP contribution < -0.4 is 20.1 Å². The van der Waals surface area contributed by atoms with Gasteiger partial charge in [-0.15, -0.1) is 0 Å². The zero-order chi connectivity index (χ0) is 35.5. The molecule has 2 saturated carbocycles. The normalized spacial score (nSPS) is 27.7. The number of fused-ring (bicyclic) bond motifs is 3. The molecule has 2 aliphatic carbocycles. The molecule has 4 aliphatic rings. The summed E-state index contributed by atoms with van der Waals surface area (Å²) in [6.07, 6.45) is 13.1. The molecule has 3 amide bonds. The lowest BCUT2D eigenvalue weighted by Gasteiger charge is -2.29. The van der Waals surface area contributed by atoms with E-state index in [-0.39, 0.29) is 31.4 Å². The standard InChI is InChI=1S/C37H44N6O8/c1-49-25-14-15-27-29(18-25)39-32(43-17-9-16-38-43)20-31(27)50-26-19-30-33(44)41-37(35(46)47)21-23(37)10-5-3-2-4-6-13-28(34(45)42(30)22-26)40-36(48)51-24-11-7-8-12-24/h5,9-10,14-18,20,23-24,26,28,30H,2-4,6-8,11-13,19,21-22H2,1H3,(H,40,48)(H,41,44)(H,46,47)/b10-5-/t23-,26-,28?,30+,37-/m1/s1. The fourth-order valence-corrected chi connectivity index (χ4v) is 7.57. The third kappa shape index (κ3) is 7.35. The molecule has 7 rings (SSSR count). The number of nitrogens with one attached hydrogen (secondary N) is 2. The lowest BCUT2D eigenvalue weighted by molar-refractivity contribution is -0.145. The van der Waals surface area contributed by atoms with Crippen molar-refractivity contribution in [1.29, 1.82) is 0 Å².